The van der Waals surface area contributed by atoms with Crippen LogP contribution in [0.25, 0.3) is 0 Å². The summed E-state index contributed by atoms with van der Waals surface area (Å²) in [6, 6.07) is 10.7. The van der Waals surface area contributed by atoms with Crippen LogP contribution in [0.3, 0.4) is 0 Å². The Balaban J connectivity index is 2.03. The molecular formula is C14H12F2N2OS. The lowest BCUT2D eigenvalue weighted by molar-refractivity contribution is 0.415. The molecule has 0 fully saturated rings. The standard InChI is InChI=1S/C14H12F2N2OS/c1-19-11-4-2-3-9(7-11)17-14(20)18-10-5-6-12(15)13(16)8-10/h2-8H,1H3,(H2,17,18,20). The van der Waals surface area contributed by atoms with Gasteiger partial charge in [-0.3, -0.25) is 0 Å². The summed E-state index contributed by atoms with van der Waals surface area (Å²) in [5.74, 6) is -1.15. The van der Waals surface area contributed by atoms with Gasteiger partial charge in [-0.05, 0) is 36.5 Å². The number of benzene rings is 2. The summed E-state index contributed by atoms with van der Waals surface area (Å²) in [7, 11) is 1.57. The summed E-state index contributed by atoms with van der Waals surface area (Å²) in [6.45, 7) is 0. The van der Waals surface area contributed by atoms with Crippen LogP contribution in [0, 0.1) is 11.6 Å². The summed E-state index contributed by atoms with van der Waals surface area (Å²) in [4.78, 5) is 0. The van der Waals surface area contributed by atoms with E-state index >= 15 is 0 Å². The van der Waals surface area contributed by atoms with Crippen molar-refractivity contribution >= 4 is 28.7 Å². The van der Waals surface area contributed by atoms with Crippen molar-refractivity contribution in [1.82, 2.24) is 0 Å². The maximum atomic E-state index is 13.1. The van der Waals surface area contributed by atoms with E-state index < -0.39 is 11.6 Å². The number of hydrogen-bond donors (Lipinski definition) is 2. The molecule has 0 aliphatic rings. The topological polar surface area (TPSA) is 33.3 Å². The van der Waals surface area contributed by atoms with Gasteiger partial charge in [0.1, 0.15) is 5.75 Å². The van der Waals surface area contributed by atoms with Crippen LogP contribution < -0.4 is 15.4 Å². The number of ether oxygens (including phenoxy) is 1. The van der Waals surface area contributed by atoms with Gasteiger partial charge in [-0.15, -0.1) is 0 Å². The lowest BCUT2D eigenvalue weighted by Gasteiger charge is -2.11. The van der Waals surface area contributed by atoms with E-state index in [0.717, 1.165) is 17.8 Å². The largest absolute Gasteiger partial charge is 0.497 e. The molecule has 0 aromatic heterocycles. The van der Waals surface area contributed by atoms with Crippen molar-refractivity contribution in [2.75, 3.05) is 17.7 Å². The number of methoxy groups -OCH3 is 1. The zero-order chi connectivity index (χ0) is 14.5. The van der Waals surface area contributed by atoms with Crippen LogP contribution in [-0.2, 0) is 0 Å². The van der Waals surface area contributed by atoms with Crippen molar-refractivity contribution in [2.45, 2.75) is 0 Å². The van der Waals surface area contributed by atoms with Gasteiger partial charge in [0, 0.05) is 23.5 Å². The lowest BCUT2D eigenvalue weighted by atomic mass is 10.3. The van der Waals surface area contributed by atoms with E-state index in [1.165, 1.54) is 6.07 Å². The van der Waals surface area contributed by atoms with Crippen LogP contribution in [0.1, 0.15) is 0 Å². The molecule has 3 nitrogen and oxygen atoms in total. The van der Waals surface area contributed by atoms with Gasteiger partial charge in [0.15, 0.2) is 16.7 Å². The van der Waals surface area contributed by atoms with E-state index in [1.54, 1.807) is 25.3 Å². The van der Waals surface area contributed by atoms with E-state index in [2.05, 4.69) is 10.6 Å². The first kappa shape index (κ1) is 14.2. The van der Waals surface area contributed by atoms with E-state index in [9.17, 15) is 8.78 Å². The quantitative estimate of drug-likeness (QED) is 0.844. The molecule has 0 unspecified atom stereocenters. The molecule has 0 aliphatic carbocycles. The van der Waals surface area contributed by atoms with Crippen LogP contribution >= 0.6 is 12.2 Å². The van der Waals surface area contributed by atoms with Gasteiger partial charge in [0.2, 0.25) is 0 Å². The minimum Gasteiger partial charge on any atom is -0.497 e. The molecule has 104 valence electrons. The van der Waals surface area contributed by atoms with E-state index in [1.807, 2.05) is 6.07 Å². The van der Waals surface area contributed by atoms with Crippen molar-refractivity contribution in [1.29, 1.82) is 0 Å². The molecule has 0 heterocycles. The highest BCUT2D eigenvalue weighted by Crippen LogP contribution is 2.18. The van der Waals surface area contributed by atoms with Crippen LogP contribution in [0.15, 0.2) is 42.5 Å². The fourth-order valence-electron chi connectivity index (χ4n) is 1.57. The fourth-order valence-corrected chi connectivity index (χ4v) is 1.80. The smallest absolute Gasteiger partial charge is 0.175 e. The van der Waals surface area contributed by atoms with Gasteiger partial charge in [-0.2, -0.15) is 0 Å². The summed E-state index contributed by atoms with van der Waals surface area (Å²) in [5.41, 5.74) is 1.09. The van der Waals surface area contributed by atoms with Gasteiger partial charge in [0.25, 0.3) is 0 Å². The van der Waals surface area contributed by atoms with Crippen molar-refractivity contribution in [3.05, 3.63) is 54.1 Å². The first-order valence-electron chi connectivity index (χ1n) is 5.75. The molecule has 2 aromatic carbocycles. The summed E-state index contributed by atoms with van der Waals surface area (Å²) >= 11 is 5.09. The monoisotopic (exact) mass is 294 g/mol. The molecule has 0 spiro atoms. The average molecular weight is 294 g/mol. The minimum absolute atomic E-state index is 0.268. The van der Waals surface area contributed by atoms with Crippen LogP contribution in [0.5, 0.6) is 5.75 Å². The van der Waals surface area contributed by atoms with Gasteiger partial charge in [-0.1, -0.05) is 6.07 Å². The zero-order valence-electron chi connectivity index (χ0n) is 10.6. The summed E-state index contributed by atoms with van der Waals surface area (Å²) in [6.07, 6.45) is 0. The second kappa shape index (κ2) is 6.29. The molecule has 0 atom stereocenters. The Morgan fingerprint density at radius 3 is 2.35 bits per heavy atom. The predicted molar refractivity (Wildman–Crippen MR) is 79.2 cm³/mol. The third-order valence-electron chi connectivity index (χ3n) is 2.51. The van der Waals surface area contributed by atoms with Gasteiger partial charge in [-0.25, -0.2) is 8.78 Å². The number of thiocarbonyl (C=S) groups is 1. The number of anilines is 2. The second-order valence-electron chi connectivity index (χ2n) is 3.94. The molecule has 0 saturated carbocycles. The second-order valence-corrected chi connectivity index (χ2v) is 4.35. The molecule has 0 bridgehead atoms. The third kappa shape index (κ3) is 3.64. The first-order chi connectivity index (χ1) is 9.58. The zero-order valence-corrected chi connectivity index (χ0v) is 11.4. The van der Waals surface area contributed by atoms with Gasteiger partial charge < -0.3 is 15.4 Å². The highest BCUT2D eigenvalue weighted by Gasteiger charge is 2.04. The first-order valence-corrected chi connectivity index (χ1v) is 6.16. The minimum atomic E-state index is -0.931. The van der Waals surface area contributed by atoms with Crippen molar-refractivity contribution in [2.24, 2.45) is 0 Å². The molecule has 2 N–H and O–H groups in total. The molecule has 6 heteroatoms. The molecule has 0 aliphatic heterocycles. The average Bonchev–Trinajstić information content (AvgIpc) is 2.43. The molecule has 0 amide bonds. The van der Waals surface area contributed by atoms with Crippen LogP contribution in [0.2, 0.25) is 0 Å². The molecule has 0 saturated heterocycles. The maximum absolute atomic E-state index is 13.1. The Hall–Kier alpha value is -2.21. The predicted octanol–water partition coefficient (Wildman–Crippen LogP) is 3.78. The van der Waals surface area contributed by atoms with Crippen LogP contribution in [0.4, 0.5) is 20.2 Å². The van der Waals surface area contributed by atoms with Crippen molar-refractivity contribution < 1.29 is 13.5 Å². The summed E-state index contributed by atoms with van der Waals surface area (Å²) < 4.78 is 30.9. The molecule has 2 rings (SSSR count). The normalized spacial score (nSPS) is 9.95. The summed E-state index contributed by atoms with van der Waals surface area (Å²) in [5, 5.41) is 5.96. The number of hydrogen-bond acceptors (Lipinski definition) is 2. The van der Waals surface area contributed by atoms with E-state index in [-0.39, 0.29) is 5.11 Å². The lowest BCUT2D eigenvalue weighted by Crippen LogP contribution is -2.19. The highest BCUT2D eigenvalue weighted by molar-refractivity contribution is 7.80. The molecule has 2 aromatic rings. The Bertz CT molecular complexity index is 634. The van der Waals surface area contributed by atoms with Crippen LogP contribution in [-0.4, -0.2) is 12.2 Å². The van der Waals surface area contributed by atoms with Gasteiger partial charge in [0.05, 0.1) is 7.11 Å². The SMILES string of the molecule is COc1cccc(NC(=S)Nc2ccc(F)c(F)c2)c1. The number of halogens is 2. The third-order valence-corrected chi connectivity index (χ3v) is 2.71. The molecular weight excluding hydrogens is 282 g/mol. The van der Waals surface area contributed by atoms with Crippen molar-refractivity contribution in [3.63, 3.8) is 0 Å². The number of nitrogens with one attached hydrogen (secondary N) is 2. The Morgan fingerprint density at radius 2 is 1.70 bits per heavy atom. The van der Waals surface area contributed by atoms with E-state index in [4.69, 9.17) is 17.0 Å². The highest BCUT2D eigenvalue weighted by atomic mass is 32.1. The molecule has 0 radical (unpaired) electrons. The number of rotatable bonds is 3. The Labute approximate surface area is 120 Å². The van der Waals surface area contributed by atoms with Crippen molar-refractivity contribution in [3.8, 4) is 5.75 Å². The maximum Gasteiger partial charge on any atom is 0.175 e. The Morgan fingerprint density at radius 1 is 1.00 bits per heavy atom. The fraction of sp³-hybridized carbons (Fsp3) is 0.0714. The van der Waals surface area contributed by atoms with E-state index in [0.29, 0.717) is 11.4 Å². The Kier molecular flexibility index (Phi) is 4.47. The van der Waals surface area contributed by atoms with Gasteiger partial charge >= 0.3 is 0 Å². The molecule has 20 heavy (non-hydrogen) atoms.